The van der Waals surface area contributed by atoms with Crippen LogP contribution in [0.1, 0.15) is 64.7 Å². The third kappa shape index (κ3) is 3.00. The van der Waals surface area contributed by atoms with Crippen LogP contribution in [-0.4, -0.2) is 37.1 Å². The maximum absolute atomic E-state index is 3.66. The topological polar surface area (TPSA) is 15.3 Å². The molecule has 2 nitrogen and oxygen atoms in total. The largest absolute Gasteiger partial charge is 0.316 e. The fourth-order valence-corrected chi connectivity index (χ4v) is 4.93. The lowest BCUT2D eigenvalue weighted by Gasteiger charge is -2.42. The van der Waals surface area contributed by atoms with E-state index in [4.69, 9.17) is 0 Å². The summed E-state index contributed by atoms with van der Waals surface area (Å²) in [7, 11) is 0. The molecule has 2 saturated heterocycles. The molecule has 0 amide bonds. The molecule has 1 saturated carbocycles. The number of hydrogen-bond donors (Lipinski definition) is 1. The Hall–Kier alpha value is -0.0800. The van der Waals surface area contributed by atoms with Crippen molar-refractivity contribution in [1.82, 2.24) is 10.2 Å². The summed E-state index contributed by atoms with van der Waals surface area (Å²) in [6, 6.07) is 0.938. The van der Waals surface area contributed by atoms with Crippen LogP contribution in [0.3, 0.4) is 0 Å². The first-order valence-corrected chi connectivity index (χ1v) is 8.78. The third-order valence-electron chi connectivity index (χ3n) is 6.21. The van der Waals surface area contributed by atoms with Gasteiger partial charge in [-0.05, 0) is 69.4 Å². The molecule has 3 aliphatic rings. The summed E-state index contributed by atoms with van der Waals surface area (Å²) in [5.41, 5.74) is 0.583. The lowest BCUT2D eigenvalue weighted by molar-refractivity contribution is 0.0847. The van der Waals surface area contributed by atoms with E-state index >= 15 is 0 Å². The second kappa shape index (κ2) is 6.13. The van der Waals surface area contributed by atoms with Crippen LogP contribution >= 0.6 is 0 Å². The van der Waals surface area contributed by atoms with Crippen LogP contribution in [0.25, 0.3) is 0 Å². The SMILES string of the molecule is CCC1(CN2CCCC2C2CCCC2)CCCNC1. The van der Waals surface area contributed by atoms with Gasteiger partial charge in [0.25, 0.3) is 0 Å². The Morgan fingerprint density at radius 3 is 2.63 bits per heavy atom. The Kier molecular flexibility index (Phi) is 4.48. The van der Waals surface area contributed by atoms with E-state index in [9.17, 15) is 0 Å². The first-order chi connectivity index (χ1) is 9.33. The van der Waals surface area contributed by atoms with Gasteiger partial charge in [0.1, 0.15) is 0 Å². The standard InChI is InChI=1S/C17H32N2/c1-2-17(10-6-11-18-13-17)14-19-12-5-9-16(19)15-7-3-4-8-15/h15-16,18H,2-14H2,1H3. The zero-order valence-corrected chi connectivity index (χ0v) is 12.8. The average molecular weight is 264 g/mol. The Balaban J connectivity index is 1.63. The van der Waals surface area contributed by atoms with Gasteiger partial charge in [0, 0.05) is 19.1 Å². The van der Waals surface area contributed by atoms with Crippen molar-refractivity contribution >= 4 is 0 Å². The molecule has 2 atom stereocenters. The predicted molar refractivity (Wildman–Crippen MR) is 81.4 cm³/mol. The molecule has 0 bridgehead atoms. The number of likely N-dealkylation sites (tertiary alicyclic amines) is 1. The van der Waals surface area contributed by atoms with Gasteiger partial charge in [-0.25, -0.2) is 0 Å². The molecule has 2 aliphatic heterocycles. The number of piperidine rings is 1. The van der Waals surface area contributed by atoms with Crippen LogP contribution < -0.4 is 5.32 Å². The minimum absolute atomic E-state index is 0.583. The highest BCUT2D eigenvalue weighted by atomic mass is 15.2. The number of hydrogen-bond acceptors (Lipinski definition) is 2. The minimum Gasteiger partial charge on any atom is -0.316 e. The Labute approximate surface area is 119 Å². The fourth-order valence-electron chi connectivity index (χ4n) is 4.93. The zero-order valence-electron chi connectivity index (χ0n) is 12.8. The second-order valence-corrected chi connectivity index (χ2v) is 7.36. The Morgan fingerprint density at radius 2 is 1.95 bits per heavy atom. The van der Waals surface area contributed by atoms with Crippen molar-refractivity contribution in [3.05, 3.63) is 0 Å². The molecule has 2 heterocycles. The predicted octanol–water partition coefficient (Wildman–Crippen LogP) is 3.42. The molecule has 0 radical (unpaired) electrons. The molecule has 2 unspecified atom stereocenters. The summed E-state index contributed by atoms with van der Waals surface area (Å²) in [6.07, 6.45) is 13.1. The van der Waals surface area contributed by atoms with Gasteiger partial charge in [0.15, 0.2) is 0 Å². The molecule has 0 aromatic rings. The second-order valence-electron chi connectivity index (χ2n) is 7.36. The number of nitrogens with zero attached hydrogens (tertiary/aromatic N) is 1. The van der Waals surface area contributed by atoms with Crippen molar-refractivity contribution in [2.45, 2.75) is 70.8 Å². The molecule has 0 spiro atoms. The van der Waals surface area contributed by atoms with Crippen molar-refractivity contribution in [2.24, 2.45) is 11.3 Å². The van der Waals surface area contributed by atoms with Crippen LogP contribution in [0, 0.1) is 11.3 Å². The van der Waals surface area contributed by atoms with E-state index in [1.165, 1.54) is 84.0 Å². The molecule has 1 N–H and O–H groups in total. The first-order valence-electron chi connectivity index (χ1n) is 8.78. The average Bonchev–Trinajstić information content (AvgIpc) is 3.10. The van der Waals surface area contributed by atoms with Crippen molar-refractivity contribution in [2.75, 3.05) is 26.2 Å². The molecule has 110 valence electrons. The van der Waals surface area contributed by atoms with Crippen molar-refractivity contribution in [1.29, 1.82) is 0 Å². The van der Waals surface area contributed by atoms with E-state index in [0.717, 1.165) is 12.0 Å². The van der Waals surface area contributed by atoms with Gasteiger partial charge in [-0.1, -0.05) is 19.8 Å². The van der Waals surface area contributed by atoms with Crippen molar-refractivity contribution in [3.8, 4) is 0 Å². The molecule has 0 aromatic carbocycles. The summed E-state index contributed by atoms with van der Waals surface area (Å²) in [6.45, 7) is 7.67. The smallest absolute Gasteiger partial charge is 0.0124 e. The van der Waals surface area contributed by atoms with Crippen molar-refractivity contribution < 1.29 is 0 Å². The highest BCUT2D eigenvalue weighted by Gasteiger charge is 2.38. The van der Waals surface area contributed by atoms with Gasteiger partial charge in [0.05, 0.1) is 0 Å². The van der Waals surface area contributed by atoms with E-state index in [1.54, 1.807) is 0 Å². The number of rotatable bonds is 4. The van der Waals surface area contributed by atoms with E-state index in [2.05, 4.69) is 17.1 Å². The van der Waals surface area contributed by atoms with Crippen LogP contribution in [0.2, 0.25) is 0 Å². The van der Waals surface area contributed by atoms with Crippen molar-refractivity contribution in [3.63, 3.8) is 0 Å². The zero-order chi connectivity index (χ0) is 13.1. The van der Waals surface area contributed by atoms with Crippen LogP contribution in [0.15, 0.2) is 0 Å². The molecular formula is C17H32N2. The Bertz CT molecular complexity index is 277. The quantitative estimate of drug-likeness (QED) is 0.837. The van der Waals surface area contributed by atoms with Gasteiger partial charge in [0.2, 0.25) is 0 Å². The summed E-state index contributed by atoms with van der Waals surface area (Å²) < 4.78 is 0. The third-order valence-corrected chi connectivity index (χ3v) is 6.21. The van der Waals surface area contributed by atoms with Gasteiger partial charge >= 0.3 is 0 Å². The lowest BCUT2D eigenvalue weighted by Crippen LogP contribution is -2.49. The highest BCUT2D eigenvalue weighted by molar-refractivity contribution is 4.93. The summed E-state index contributed by atoms with van der Waals surface area (Å²) in [5, 5.41) is 3.66. The van der Waals surface area contributed by atoms with Gasteiger partial charge in [-0.15, -0.1) is 0 Å². The summed E-state index contributed by atoms with van der Waals surface area (Å²) >= 11 is 0. The maximum atomic E-state index is 3.66. The first kappa shape index (κ1) is 13.9. The monoisotopic (exact) mass is 264 g/mol. The van der Waals surface area contributed by atoms with Gasteiger partial charge in [-0.3, -0.25) is 4.90 Å². The lowest BCUT2D eigenvalue weighted by atomic mass is 9.77. The van der Waals surface area contributed by atoms with E-state index in [1.807, 2.05) is 0 Å². The normalized spacial score (nSPS) is 38.1. The molecule has 0 aromatic heterocycles. The maximum Gasteiger partial charge on any atom is 0.0124 e. The minimum atomic E-state index is 0.583. The highest BCUT2D eigenvalue weighted by Crippen LogP contribution is 2.39. The van der Waals surface area contributed by atoms with Crippen LogP contribution in [0.5, 0.6) is 0 Å². The molecular weight excluding hydrogens is 232 g/mol. The Morgan fingerprint density at radius 1 is 1.11 bits per heavy atom. The van der Waals surface area contributed by atoms with Gasteiger partial charge < -0.3 is 5.32 Å². The molecule has 2 heteroatoms. The summed E-state index contributed by atoms with van der Waals surface area (Å²) in [4.78, 5) is 2.90. The fraction of sp³-hybridized carbons (Fsp3) is 1.00. The number of nitrogens with one attached hydrogen (secondary N) is 1. The van der Waals surface area contributed by atoms with E-state index in [0.29, 0.717) is 5.41 Å². The molecule has 1 aliphatic carbocycles. The molecule has 19 heavy (non-hydrogen) atoms. The molecule has 3 fully saturated rings. The van der Waals surface area contributed by atoms with Crippen LogP contribution in [0.4, 0.5) is 0 Å². The summed E-state index contributed by atoms with van der Waals surface area (Å²) in [5.74, 6) is 1.04. The van der Waals surface area contributed by atoms with Crippen LogP contribution in [-0.2, 0) is 0 Å². The molecule has 3 rings (SSSR count). The van der Waals surface area contributed by atoms with E-state index in [-0.39, 0.29) is 0 Å². The van der Waals surface area contributed by atoms with E-state index < -0.39 is 0 Å². The van der Waals surface area contributed by atoms with Gasteiger partial charge in [-0.2, -0.15) is 0 Å².